The van der Waals surface area contributed by atoms with Gasteiger partial charge in [0.15, 0.2) is 11.6 Å². The van der Waals surface area contributed by atoms with Gasteiger partial charge < -0.3 is 20.1 Å². The van der Waals surface area contributed by atoms with Crippen LogP contribution >= 0.6 is 0 Å². The predicted octanol–water partition coefficient (Wildman–Crippen LogP) is 4.62. The fourth-order valence-corrected chi connectivity index (χ4v) is 5.07. The van der Waals surface area contributed by atoms with E-state index in [0.29, 0.717) is 35.8 Å². The monoisotopic (exact) mass is 520 g/mol. The molecule has 5 rings (SSSR count). The summed E-state index contributed by atoms with van der Waals surface area (Å²) >= 11 is 0. The molecule has 1 aliphatic heterocycles. The molecule has 38 heavy (non-hydrogen) atoms. The molecule has 0 radical (unpaired) electrons. The normalized spacial score (nSPS) is 17.8. The van der Waals surface area contributed by atoms with Crippen LogP contribution in [0.5, 0.6) is 0 Å². The average Bonchev–Trinajstić information content (AvgIpc) is 3.21. The van der Waals surface area contributed by atoms with Gasteiger partial charge in [-0.05, 0) is 58.9 Å². The van der Waals surface area contributed by atoms with Crippen molar-refractivity contribution in [1.29, 1.82) is 0 Å². The second-order valence-electron chi connectivity index (χ2n) is 10.1. The van der Waals surface area contributed by atoms with E-state index < -0.39 is 11.6 Å². The van der Waals surface area contributed by atoms with Gasteiger partial charge in [0, 0.05) is 43.0 Å². The minimum absolute atomic E-state index is 0.0430. The molecular formula is C27H30F2N8O. The van der Waals surface area contributed by atoms with Gasteiger partial charge in [0.2, 0.25) is 5.95 Å². The number of carbonyl (C=O) groups is 1. The summed E-state index contributed by atoms with van der Waals surface area (Å²) in [5, 5.41) is 6.35. The van der Waals surface area contributed by atoms with Crippen LogP contribution in [-0.2, 0) is 0 Å². The largest absolute Gasteiger partial charge is 0.335 e. The quantitative estimate of drug-likeness (QED) is 0.396. The van der Waals surface area contributed by atoms with E-state index >= 15 is 0 Å². The molecule has 3 aromatic heterocycles. The van der Waals surface area contributed by atoms with E-state index in [-0.39, 0.29) is 46.8 Å². The van der Waals surface area contributed by atoms with Crippen LogP contribution in [0.1, 0.15) is 49.9 Å². The number of aromatic nitrogens is 5. The van der Waals surface area contributed by atoms with Crippen LogP contribution in [-0.4, -0.2) is 60.5 Å². The van der Waals surface area contributed by atoms with Crippen molar-refractivity contribution < 1.29 is 13.6 Å². The zero-order valence-electron chi connectivity index (χ0n) is 22.0. The highest BCUT2D eigenvalue weighted by atomic mass is 19.1. The molecule has 1 fully saturated rings. The van der Waals surface area contributed by atoms with Crippen molar-refractivity contribution >= 4 is 28.7 Å². The lowest BCUT2D eigenvalue weighted by molar-refractivity contribution is 0.0673. The zero-order valence-corrected chi connectivity index (χ0v) is 22.0. The van der Waals surface area contributed by atoms with Crippen LogP contribution < -0.4 is 10.6 Å². The maximum atomic E-state index is 14.9. The fourth-order valence-electron chi connectivity index (χ4n) is 5.07. The summed E-state index contributed by atoms with van der Waals surface area (Å²) in [5.74, 6) is -0.177. The number of benzene rings is 1. The Bertz CT molecular complexity index is 1490. The molecule has 0 saturated carbocycles. The number of amides is 1. The highest BCUT2D eigenvalue weighted by Gasteiger charge is 2.26. The Hall–Kier alpha value is -3.99. The molecule has 1 saturated heterocycles. The van der Waals surface area contributed by atoms with Crippen LogP contribution in [0.25, 0.3) is 22.3 Å². The van der Waals surface area contributed by atoms with E-state index in [4.69, 9.17) is 0 Å². The first-order valence-corrected chi connectivity index (χ1v) is 12.6. The van der Waals surface area contributed by atoms with Gasteiger partial charge in [-0.3, -0.25) is 4.79 Å². The summed E-state index contributed by atoms with van der Waals surface area (Å²) in [6.45, 7) is 11.1. The molecule has 2 unspecified atom stereocenters. The van der Waals surface area contributed by atoms with Gasteiger partial charge in [0.25, 0.3) is 5.91 Å². The van der Waals surface area contributed by atoms with Crippen LogP contribution in [0.15, 0.2) is 36.7 Å². The number of fused-ring (bicyclic) bond motifs is 1. The average molecular weight is 521 g/mol. The highest BCUT2D eigenvalue weighted by Crippen LogP contribution is 2.30. The second kappa shape index (κ2) is 10.1. The first-order valence-electron chi connectivity index (χ1n) is 12.6. The van der Waals surface area contributed by atoms with Crippen LogP contribution in [0, 0.1) is 18.6 Å². The van der Waals surface area contributed by atoms with Gasteiger partial charge in [0.05, 0.1) is 17.3 Å². The number of imidazole rings is 1. The summed E-state index contributed by atoms with van der Waals surface area (Å²) in [5.41, 5.74) is 1.49. The molecule has 4 heterocycles. The predicted molar refractivity (Wildman–Crippen MR) is 141 cm³/mol. The van der Waals surface area contributed by atoms with Crippen molar-refractivity contribution in [2.75, 3.05) is 18.4 Å². The summed E-state index contributed by atoms with van der Waals surface area (Å²) in [4.78, 5) is 31.7. The van der Waals surface area contributed by atoms with Crippen molar-refractivity contribution in [3.8, 4) is 11.3 Å². The number of aryl methyl sites for hydroxylation is 1. The number of hydrogen-bond acceptors (Lipinski definition) is 7. The third kappa shape index (κ3) is 4.93. The maximum Gasteiger partial charge on any atom is 0.255 e. The Morgan fingerprint density at radius 3 is 2.45 bits per heavy atom. The molecule has 11 heteroatoms. The Kier molecular flexibility index (Phi) is 6.78. The number of nitrogens with one attached hydrogen (secondary N) is 2. The van der Waals surface area contributed by atoms with Gasteiger partial charge >= 0.3 is 0 Å². The fraction of sp³-hybridized carbons (Fsp3) is 0.370. The number of halogens is 2. The number of pyridine rings is 1. The summed E-state index contributed by atoms with van der Waals surface area (Å²) in [6, 6.07) is 6.70. The third-order valence-corrected chi connectivity index (χ3v) is 6.55. The Labute approximate surface area is 219 Å². The van der Waals surface area contributed by atoms with Crippen LogP contribution in [0.3, 0.4) is 0 Å². The van der Waals surface area contributed by atoms with E-state index in [1.165, 1.54) is 12.3 Å². The smallest absolute Gasteiger partial charge is 0.255 e. The molecule has 198 valence electrons. The Morgan fingerprint density at radius 2 is 1.79 bits per heavy atom. The SMILES string of the molecule is Cc1nc2c(F)cc(-c3nc(Nc4ccc(C(=O)N5CC(C)NC(C)C5)cn4)ncc3F)cc2n1C(C)C. The minimum Gasteiger partial charge on any atom is -0.335 e. The van der Waals surface area contributed by atoms with Crippen molar-refractivity contribution in [2.24, 2.45) is 0 Å². The molecule has 1 aromatic carbocycles. The van der Waals surface area contributed by atoms with E-state index in [0.717, 1.165) is 6.20 Å². The van der Waals surface area contributed by atoms with Gasteiger partial charge in [-0.1, -0.05) is 0 Å². The molecule has 1 amide bonds. The number of rotatable bonds is 5. The number of hydrogen-bond donors (Lipinski definition) is 2. The lowest BCUT2D eigenvalue weighted by Gasteiger charge is -2.36. The molecule has 0 bridgehead atoms. The van der Waals surface area contributed by atoms with Crippen LogP contribution in [0.4, 0.5) is 20.5 Å². The Morgan fingerprint density at radius 1 is 1.05 bits per heavy atom. The van der Waals surface area contributed by atoms with E-state index in [2.05, 4.69) is 30.6 Å². The number of anilines is 2. The van der Waals surface area contributed by atoms with Crippen molar-refractivity contribution in [1.82, 2.24) is 34.7 Å². The summed E-state index contributed by atoms with van der Waals surface area (Å²) in [6.07, 6.45) is 2.52. The standard InChI is InChI=1S/C27H30F2N8O/c1-14(2)37-17(5)33-25-20(28)8-19(9-22(25)37)24-21(29)11-31-27(35-24)34-23-7-6-18(10-30-23)26(38)36-12-15(3)32-16(4)13-36/h6-11,14-16,32H,12-13H2,1-5H3,(H,30,31,34,35). The number of carbonyl (C=O) groups excluding carboxylic acids is 1. The molecule has 1 aliphatic rings. The Balaban J connectivity index is 1.39. The molecule has 2 N–H and O–H groups in total. The molecule has 0 spiro atoms. The van der Waals surface area contributed by atoms with Gasteiger partial charge in [0.1, 0.15) is 22.9 Å². The van der Waals surface area contributed by atoms with Gasteiger partial charge in [-0.15, -0.1) is 0 Å². The van der Waals surface area contributed by atoms with E-state index in [1.54, 1.807) is 18.2 Å². The first kappa shape index (κ1) is 25.7. The van der Waals surface area contributed by atoms with Crippen molar-refractivity contribution in [3.63, 3.8) is 0 Å². The molecule has 4 aromatic rings. The number of piperazine rings is 1. The summed E-state index contributed by atoms with van der Waals surface area (Å²) < 4.78 is 31.6. The maximum absolute atomic E-state index is 14.9. The zero-order chi connectivity index (χ0) is 27.1. The lowest BCUT2D eigenvalue weighted by Crippen LogP contribution is -2.55. The molecular weight excluding hydrogens is 490 g/mol. The minimum atomic E-state index is -0.685. The molecule has 9 nitrogen and oxygen atoms in total. The van der Waals surface area contributed by atoms with Crippen molar-refractivity contribution in [3.05, 3.63) is 59.7 Å². The second-order valence-corrected chi connectivity index (χ2v) is 10.1. The summed E-state index contributed by atoms with van der Waals surface area (Å²) in [7, 11) is 0. The lowest BCUT2D eigenvalue weighted by atomic mass is 10.1. The van der Waals surface area contributed by atoms with E-state index in [9.17, 15) is 13.6 Å². The van der Waals surface area contributed by atoms with Crippen molar-refractivity contribution in [2.45, 2.75) is 52.7 Å². The third-order valence-electron chi connectivity index (χ3n) is 6.55. The van der Waals surface area contributed by atoms with E-state index in [1.807, 2.05) is 44.1 Å². The number of nitrogens with zero attached hydrogens (tertiary/aromatic N) is 6. The topological polar surface area (TPSA) is 101 Å². The van der Waals surface area contributed by atoms with Crippen LogP contribution in [0.2, 0.25) is 0 Å². The first-order chi connectivity index (χ1) is 18.1. The molecule has 2 atom stereocenters. The molecule has 0 aliphatic carbocycles. The van der Waals surface area contributed by atoms with Gasteiger partial charge in [-0.2, -0.15) is 0 Å². The van der Waals surface area contributed by atoms with Gasteiger partial charge in [-0.25, -0.2) is 28.7 Å². The highest BCUT2D eigenvalue weighted by molar-refractivity contribution is 5.94.